The molecule has 144 valence electrons. The summed E-state index contributed by atoms with van der Waals surface area (Å²) >= 11 is 0. The summed E-state index contributed by atoms with van der Waals surface area (Å²) in [6.45, 7) is 4.35. The molecule has 0 saturated carbocycles. The molecule has 2 aliphatic rings. The van der Waals surface area contributed by atoms with Crippen molar-refractivity contribution >= 4 is 5.91 Å². The van der Waals surface area contributed by atoms with E-state index >= 15 is 0 Å². The highest BCUT2D eigenvalue weighted by Gasteiger charge is 2.42. The van der Waals surface area contributed by atoms with Gasteiger partial charge in [-0.25, -0.2) is 4.98 Å². The second-order valence-corrected chi connectivity index (χ2v) is 7.40. The number of nitrogens with zero attached hydrogens (tertiary/aromatic N) is 5. The van der Waals surface area contributed by atoms with Crippen LogP contribution >= 0.6 is 0 Å². The molecular weight excluding hydrogens is 346 g/mol. The van der Waals surface area contributed by atoms with Gasteiger partial charge in [0.05, 0.1) is 24.6 Å². The summed E-state index contributed by atoms with van der Waals surface area (Å²) in [6, 6.07) is 0. The molecule has 0 aromatic carbocycles. The molecule has 2 aromatic rings. The summed E-state index contributed by atoms with van der Waals surface area (Å²) in [6.07, 6.45) is 12.0. The van der Waals surface area contributed by atoms with E-state index in [2.05, 4.69) is 15.1 Å². The Kier molecular flexibility index (Phi) is 5.07. The number of carbonyl (C=O) groups is 1. The number of hydrogen-bond acceptors (Lipinski definition) is 6. The molecule has 4 heterocycles. The highest BCUT2D eigenvalue weighted by Crippen LogP contribution is 2.36. The summed E-state index contributed by atoms with van der Waals surface area (Å²) in [5.74, 6) is 0.665. The van der Waals surface area contributed by atoms with Gasteiger partial charge in [-0.2, -0.15) is 5.10 Å². The largest absolute Gasteiger partial charge is 0.473 e. The zero-order valence-corrected chi connectivity index (χ0v) is 15.6. The minimum absolute atomic E-state index is 0.0738. The van der Waals surface area contributed by atoms with Gasteiger partial charge in [-0.3, -0.25) is 14.5 Å². The van der Waals surface area contributed by atoms with E-state index in [1.807, 2.05) is 18.0 Å². The van der Waals surface area contributed by atoms with Gasteiger partial charge in [0, 0.05) is 44.5 Å². The van der Waals surface area contributed by atoms with E-state index in [0.29, 0.717) is 32.1 Å². The molecule has 0 radical (unpaired) electrons. The maximum absolute atomic E-state index is 12.5. The lowest BCUT2D eigenvalue weighted by Gasteiger charge is -2.45. The molecule has 2 fully saturated rings. The van der Waals surface area contributed by atoms with E-state index in [1.54, 1.807) is 29.5 Å². The quantitative estimate of drug-likeness (QED) is 0.812. The third kappa shape index (κ3) is 4.27. The van der Waals surface area contributed by atoms with E-state index in [9.17, 15) is 4.79 Å². The monoisotopic (exact) mass is 371 g/mol. The predicted octanol–water partition coefficient (Wildman–Crippen LogP) is 1.60. The molecule has 0 N–H and O–H groups in total. The number of rotatable bonds is 4. The fraction of sp³-hybridized carbons (Fsp3) is 0.579. The van der Waals surface area contributed by atoms with E-state index in [4.69, 9.17) is 9.47 Å². The Labute approximate surface area is 158 Å². The van der Waals surface area contributed by atoms with Gasteiger partial charge < -0.3 is 14.4 Å². The van der Waals surface area contributed by atoms with Gasteiger partial charge in [0.15, 0.2) is 0 Å². The number of ether oxygens (including phenoxy) is 2. The van der Waals surface area contributed by atoms with Crippen LogP contribution in [0.25, 0.3) is 0 Å². The highest BCUT2D eigenvalue weighted by molar-refractivity contribution is 5.76. The number of amides is 1. The summed E-state index contributed by atoms with van der Waals surface area (Å²) in [7, 11) is 0. The first kappa shape index (κ1) is 17.9. The summed E-state index contributed by atoms with van der Waals surface area (Å²) in [5, 5.41) is 4.20. The lowest BCUT2D eigenvalue weighted by molar-refractivity contribution is -0.152. The first-order chi connectivity index (χ1) is 13.1. The normalized spacial score (nSPS) is 22.0. The van der Waals surface area contributed by atoms with Gasteiger partial charge in [0.25, 0.3) is 0 Å². The number of likely N-dealkylation sites (tertiary alicyclic amines) is 1. The number of aromatic nitrogens is 4. The Morgan fingerprint density at radius 3 is 2.89 bits per heavy atom. The fourth-order valence-electron chi connectivity index (χ4n) is 3.90. The van der Waals surface area contributed by atoms with Crippen molar-refractivity contribution in [2.45, 2.75) is 50.9 Å². The average Bonchev–Trinajstić information content (AvgIpc) is 3.08. The van der Waals surface area contributed by atoms with Crippen LogP contribution < -0.4 is 4.74 Å². The smallest absolute Gasteiger partial charge is 0.244 e. The molecule has 1 amide bonds. The minimum Gasteiger partial charge on any atom is -0.473 e. The molecule has 4 rings (SSSR count). The molecule has 2 aromatic heterocycles. The lowest BCUT2D eigenvalue weighted by atomic mass is 9.83. The van der Waals surface area contributed by atoms with Crippen molar-refractivity contribution in [3.63, 3.8) is 0 Å². The van der Waals surface area contributed by atoms with E-state index < -0.39 is 0 Å². The van der Waals surface area contributed by atoms with Crippen molar-refractivity contribution in [3.8, 4) is 5.88 Å². The molecule has 8 heteroatoms. The fourth-order valence-corrected chi connectivity index (χ4v) is 3.90. The SMILES string of the molecule is Cc1cnn(CC(=O)N2CCC3(CC2)CC(Oc2cnccn2)CCO3)c1. The van der Waals surface area contributed by atoms with E-state index in [1.165, 1.54) is 0 Å². The Bertz CT molecular complexity index is 771. The molecular formula is C19H25N5O3. The van der Waals surface area contributed by atoms with Gasteiger partial charge in [0.2, 0.25) is 11.8 Å². The Morgan fingerprint density at radius 1 is 1.33 bits per heavy atom. The standard InChI is InChI=1S/C19H25N5O3/c1-15-11-22-24(13-15)14-18(25)23-7-3-19(4-8-23)10-16(2-9-26-19)27-17-12-20-5-6-21-17/h5-6,11-13,16H,2-4,7-10,14H2,1H3. The van der Waals surface area contributed by atoms with Crippen LogP contribution in [0.2, 0.25) is 0 Å². The molecule has 0 bridgehead atoms. The molecule has 1 atom stereocenters. The van der Waals surface area contributed by atoms with E-state index in [0.717, 1.165) is 31.2 Å². The van der Waals surface area contributed by atoms with Gasteiger partial charge in [-0.1, -0.05) is 0 Å². The third-order valence-corrected chi connectivity index (χ3v) is 5.36. The number of piperidine rings is 1. The second-order valence-electron chi connectivity index (χ2n) is 7.40. The molecule has 0 aliphatic carbocycles. The van der Waals surface area contributed by atoms with Crippen LogP contribution in [0, 0.1) is 6.92 Å². The van der Waals surface area contributed by atoms with Crippen molar-refractivity contribution in [2.24, 2.45) is 0 Å². The van der Waals surface area contributed by atoms with Crippen LogP contribution in [0.15, 0.2) is 31.0 Å². The van der Waals surface area contributed by atoms with Crippen LogP contribution in [0.5, 0.6) is 5.88 Å². The number of carbonyl (C=O) groups excluding carboxylic acids is 1. The number of aryl methyl sites for hydroxylation is 1. The zero-order valence-electron chi connectivity index (χ0n) is 15.6. The summed E-state index contributed by atoms with van der Waals surface area (Å²) in [5.41, 5.74) is 0.856. The molecule has 1 spiro atoms. The molecule has 2 saturated heterocycles. The third-order valence-electron chi connectivity index (χ3n) is 5.36. The van der Waals surface area contributed by atoms with Crippen LogP contribution in [0.4, 0.5) is 0 Å². The minimum atomic E-state index is -0.204. The Morgan fingerprint density at radius 2 is 2.19 bits per heavy atom. The van der Waals surface area contributed by atoms with Crippen molar-refractivity contribution in [1.29, 1.82) is 0 Å². The highest BCUT2D eigenvalue weighted by atomic mass is 16.5. The topological polar surface area (TPSA) is 82.4 Å². The maximum atomic E-state index is 12.5. The van der Waals surface area contributed by atoms with Gasteiger partial charge in [0.1, 0.15) is 12.6 Å². The zero-order chi connectivity index (χ0) is 18.7. The van der Waals surface area contributed by atoms with Crippen molar-refractivity contribution < 1.29 is 14.3 Å². The molecule has 1 unspecified atom stereocenters. The van der Waals surface area contributed by atoms with Gasteiger partial charge in [-0.15, -0.1) is 0 Å². The molecule has 8 nitrogen and oxygen atoms in total. The molecule has 27 heavy (non-hydrogen) atoms. The molecule has 2 aliphatic heterocycles. The van der Waals surface area contributed by atoms with Crippen LogP contribution in [0.3, 0.4) is 0 Å². The summed E-state index contributed by atoms with van der Waals surface area (Å²) < 4.78 is 13.8. The Balaban J connectivity index is 1.31. The van der Waals surface area contributed by atoms with Crippen molar-refractivity contribution in [2.75, 3.05) is 19.7 Å². The second kappa shape index (κ2) is 7.64. The first-order valence-electron chi connectivity index (χ1n) is 9.45. The summed E-state index contributed by atoms with van der Waals surface area (Å²) in [4.78, 5) is 22.7. The van der Waals surface area contributed by atoms with E-state index in [-0.39, 0.29) is 17.6 Å². The Hall–Kier alpha value is -2.48. The van der Waals surface area contributed by atoms with Crippen molar-refractivity contribution in [3.05, 3.63) is 36.5 Å². The maximum Gasteiger partial charge on any atom is 0.244 e. The lowest BCUT2D eigenvalue weighted by Crippen LogP contribution is -2.52. The van der Waals surface area contributed by atoms with Gasteiger partial charge in [-0.05, 0) is 25.3 Å². The van der Waals surface area contributed by atoms with Crippen LogP contribution in [-0.4, -0.2) is 62.0 Å². The average molecular weight is 371 g/mol. The van der Waals surface area contributed by atoms with Crippen molar-refractivity contribution in [1.82, 2.24) is 24.6 Å². The number of hydrogen-bond donors (Lipinski definition) is 0. The first-order valence-corrected chi connectivity index (χ1v) is 9.45. The van der Waals surface area contributed by atoms with Crippen LogP contribution in [-0.2, 0) is 16.1 Å². The van der Waals surface area contributed by atoms with Crippen LogP contribution in [0.1, 0.15) is 31.2 Å². The predicted molar refractivity (Wildman–Crippen MR) is 97.1 cm³/mol. The van der Waals surface area contributed by atoms with Gasteiger partial charge >= 0.3 is 0 Å².